The predicted molar refractivity (Wildman–Crippen MR) is 104 cm³/mol. The molecular formula is C19H14F2IN3O. The van der Waals surface area contributed by atoms with Crippen LogP contribution in [0.3, 0.4) is 0 Å². The second-order valence-electron chi connectivity index (χ2n) is 5.48. The highest BCUT2D eigenvalue weighted by Gasteiger charge is 2.13. The molecule has 0 saturated carbocycles. The quantitative estimate of drug-likeness (QED) is 0.541. The van der Waals surface area contributed by atoms with Crippen LogP contribution >= 0.6 is 22.6 Å². The van der Waals surface area contributed by atoms with Crippen LogP contribution in [0.5, 0.6) is 0 Å². The van der Waals surface area contributed by atoms with Gasteiger partial charge >= 0.3 is 0 Å². The van der Waals surface area contributed by atoms with E-state index in [4.69, 9.17) is 0 Å². The van der Waals surface area contributed by atoms with Gasteiger partial charge in [0, 0.05) is 16.3 Å². The van der Waals surface area contributed by atoms with Gasteiger partial charge in [0.25, 0.3) is 5.91 Å². The van der Waals surface area contributed by atoms with Crippen molar-refractivity contribution in [3.8, 4) is 0 Å². The lowest BCUT2D eigenvalue weighted by atomic mass is 10.1. The van der Waals surface area contributed by atoms with E-state index < -0.39 is 5.82 Å². The first kappa shape index (κ1) is 18.2. The molecule has 3 rings (SSSR count). The molecule has 1 amide bonds. The molecule has 0 radical (unpaired) electrons. The van der Waals surface area contributed by atoms with Gasteiger partial charge in [0.05, 0.1) is 23.1 Å². The number of rotatable bonds is 5. The Balaban J connectivity index is 1.75. The Morgan fingerprint density at radius 1 is 1.04 bits per heavy atom. The number of halogens is 3. The molecule has 0 bridgehead atoms. The summed E-state index contributed by atoms with van der Waals surface area (Å²) in [6, 6.07) is 12.2. The van der Waals surface area contributed by atoms with E-state index in [1.165, 1.54) is 30.6 Å². The number of amides is 1. The number of nitrogens with zero attached hydrogens (tertiary/aromatic N) is 1. The average molecular weight is 465 g/mol. The minimum Gasteiger partial charge on any atom is -0.351 e. The summed E-state index contributed by atoms with van der Waals surface area (Å²) in [5.41, 5.74) is 1.75. The smallest absolute Gasteiger partial charge is 0.253 e. The monoisotopic (exact) mass is 465 g/mol. The third-order valence-corrected chi connectivity index (χ3v) is 4.30. The molecule has 0 aliphatic heterocycles. The van der Waals surface area contributed by atoms with E-state index in [0.29, 0.717) is 11.3 Å². The Kier molecular flexibility index (Phi) is 5.77. The highest BCUT2D eigenvalue weighted by atomic mass is 127. The van der Waals surface area contributed by atoms with Gasteiger partial charge in [0.1, 0.15) is 11.6 Å². The van der Waals surface area contributed by atoms with Crippen molar-refractivity contribution in [1.82, 2.24) is 10.3 Å². The number of carbonyl (C=O) groups excluding carboxylic acids is 1. The molecule has 2 aromatic carbocycles. The molecule has 26 heavy (non-hydrogen) atoms. The van der Waals surface area contributed by atoms with Crippen LogP contribution in [0, 0.1) is 15.2 Å². The summed E-state index contributed by atoms with van der Waals surface area (Å²) in [7, 11) is 0. The minimum absolute atomic E-state index is 0.249. The molecule has 0 unspecified atom stereocenters. The standard InChI is InChI=1S/C19H14F2IN3O/c20-13-3-1-12(2-4-13)10-24-19(26)15-7-8-23-11-18(15)25-17-6-5-14(22)9-16(17)21/h1-9,11,25H,10H2,(H,24,26). The molecule has 0 spiro atoms. The van der Waals surface area contributed by atoms with Gasteiger partial charge in [0.15, 0.2) is 0 Å². The van der Waals surface area contributed by atoms with E-state index >= 15 is 0 Å². The van der Waals surface area contributed by atoms with Crippen molar-refractivity contribution < 1.29 is 13.6 Å². The first-order valence-electron chi connectivity index (χ1n) is 7.71. The lowest BCUT2D eigenvalue weighted by Gasteiger charge is -2.12. The van der Waals surface area contributed by atoms with Crippen molar-refractivity contribution in [1.29, 1.82) is 0 Å². The topological polar surface area (TPSA) is 54.0 Å². The average Bonchev–Trinajstić information content (AvgIpc) is 2.64. The van der Waals surface area contributed by atoms with Gasteiger partial charge < -0.3 is 10.6 Å². The normalized spacial score (nSPS) is 10.4. The van der Waals surface area contributed by atoms with Crippen molar-refractivity contribution in [2.24, 2.45) is 0 Å². The summed E-state index contributed by atoms with van der Waals surface area (Å²) in [6.45, 7) is 0.249. The Bertz CT molecular complexity index is 932. The lowest BCUT2D eigenvalue weighted by Crippen LogP contribution is -2.23. The summed E-state index contributed by atoms with van der Waals surface area (Å²) in [4.78, 5) is 16.5. The van der Waals surface area contributed by atoms with Crippen molar-refractivity contribution in [3.05, 3.63) is 87.3 Å². The van der Waals surface area contributed by atoms with Gasteiger partial charge in [-0.3, -0.25) is 9.78 Å². The van der Waals surface area contributed by atoms with Crippen molar-refractivity contribution in [3.63, 3.8) is 0 Å². The molecule has 0 aliphatic carbocycles. The maximum atomic E-state index is 14.1. The van der Waals surface area contributed by atoms with Gasteiger partial charge in [0.2, 0.25) is 0 Å². The van der Waals surface area contributed by atoms with E-state index in [0.717, 1.165) is 9.13 Å². The lowest BCUT2D eigenvalue weighted by molar-refractivity contribution is 0.0951. The van der Waals surface area contributed by atoms with Gasteiger partial charge in [-0.05, 0) is 64.6 Å². The number of nitrogens with one attached hydrogen (secondary N) is 2. The summed E-state index contributed by atoms with van der Waals surface area (Å²) in [5, 5.41) is 5.66. The SMILES string of the molecule is O=C(NCc1ccc(F)cc1)c1ccncc1Nc1ccc(I)cc1F. The Labute approximate surface area is 162 Å². The molecular weight excluding hydrogens is 451 g/mol. The Hall–Kier alpha value is -2.55. The van der Waals surface area contributed by atoms with Crippen LogP contribution in [-0.2, 0) is 6.54 Å². The largest absolute Gasteiger partial charge is 0.351 e. The zero-order chi connectivity index (χ0) is 18.5. The number of carbonyl (C=O) groups is 1. The molecule has 0 atom stereocenters. The third-order valence-electron chi connectivity index (χ3n) is 3.63. The first-order valence-corrected chi connectivity index (χ1v) is 8.79. The van der Waals surface area contributed by atoms with Crippen molar-refractivity contribution >= 4 is 39.9 Å². The maximum Gasteiger partial charge on any atom is 0.253 e. The van der Waals surface area contributed by atoms with Gasteiger partial charge in [-0.25, -0.2) is 8.78 Å². The van der Waals surface area contributed by atoms with Crippen LogP contribution < -0.4 is 10.6 Å². The van der Waals surface area contributed by atoms with Gasteiger partial charge in [-0.2, -0.15) is 0 Å². The van der Waals surface area contributed by atoms with Gasteiger partial charge in [-0.15, -0.1) is 0 Å². The Morgan fingerprint density at radius 3 is 2.54 bits per heavy atom. The van der Waals surface area contributed by atoms with Crippen LogP contribution in [-0.4, -0.2) is 10.9 Å². The van der Waals surface area contributed by atoms with E-state index in [9.17, 15) is 13.6 Å². The fourth-order valence-electron chi connectivity index (χ4n) is 2.31. The number of hydrogen-bond donors (Lipinski definition) is 2. The van der Waals surface area contributed by atoms with Crippen LogP contribution in [0.2, 0.25) is 0 Å². The molecule has 1 heterocycles. The molecule has 4 nitrogen and oxygen atoms in total. The molecule has 2 N–H and O–H groups in total. The molecule has 3 aromatic rings. The maximum absolute atomic E-state index is 14.1. The molecule has 132 valence electrons. The van der Waals surface area contributed by atoms with Crippen molar-refractivity contribution in [2.45, 2.75) is 6.54 Å². The fourth-order valence-corrected chi connectivity index (χ4v) is 2.76. The number of aromatic nitrogens is 1. The van der Waals surface area contributed by atoms with Crippen LogP contribution in [0.1, 0.15) is 15.9 Å². The molecule has 0 aliphatic rings. The van der Waals surface area contributed by atoms with Crippen LogP contribution in [0.25, 0.3) is 0 Å². The number of anilines is 2. The molecule has 0 fully saturated rings. The molecule has 1 aromatic heterocycles. The van der Waals surface area contributed by atoms with Crippen LogP contribution in [0.4, 0.5) is 20.2 Å². The fraction of sp³-hybridized carbons (Fsp3) is 0.0526. The van der Waals surface area contributed by atoms with E-state index in [2.05, 4.69) is 15.6 Å². The summed E-state index contributed by atoms with van der Waals surface area (Å²) in [6.07, 6.45) is 2.95. The number of benzene rings is 2. The summed E-state index contributed by atoms with van der Waals surface area (Å²) in [5.74, 6) is -1.09. The van der Waals surface area contributed by atoms with Gasteiger partial charge in [-0.1, -0.05) is 12.1 Å². The van der Waals surface area contributed by atoms with Crippen molar-refractivity contribution in [2.75, 3.05) is 5.32 Å². The van der Waals surface area contributed by atoms with E-state index in [1.54, 1.807) is 30.3 Å². The Morgan fingerprint density at radius 2 is 1.81 bits per heavy atom. The zero-order valence-electron chi connectivity index (χ0n) is 13.5. The summed E-state index contributed by atoms with van der Waals surface area (Å²) < 4.78 is 27.8. The second-order valence-corrected chi connectivity index (χ2v) is 6.73. The first-order chi connectivity index (χ1) is 12.5. The van der Waals surface area contributed by atoms with Crippen LogP contribution in [0.15, 0.2) is 60.9 Å². The molecule has 7 heteroatoms. The second kappa shape index (κ2) is 8.22. The van der Waals surface area contributed by atoms with E-state index in [-0.39, 0.29) is 24.0 Å². The third kappa shape index (κ3) is 4.54. The predicted octanol–water partition coefficient (Wildman–Crippen LogP) is 4.64. The highest BCUT2D eigenvalue weighted by Crippen LogP contribution is 2.23. The number of hydrogen-bond acceptors (Lipinski definition) is 3. The molecule has 0 saturated heterocycles. The summed E-state index contributed by atoms with van der Waals surface area (Å²) >= 11 is 2.02. The zero-order valence-corrected chi connectivity index (χ0v) is 15.6. The van der Waals surface area contributed by atoms with E-state index in [1.807, 2.05) is 22.6 Å². The minimum atomic E-state index is -0.418. The highest BCUT2D eigenvalue weighted by molar-refractivity contribution is 14.1. The number of pyridine rings is 1.